The number of hydrogen-bond acceptors (Lipinski definition) is 4. The Labute approximate surface area is 104 Å². The summed E-state index contributed by atoms with van der Waals surface area (Å²) in [5, 5.41) is 10.1. The van der Waals surface area contributed by atoms with Gasteiger partial charge in [0.05, 0.1) is 36.1 Å². The Morgan fingerprint density at radius 2 is 2.35 bits per heavy atom. The molecule has 92 valence electrons. The molecule has 0 saturated carbocycles. The molecule has 5 nitrogen and oxygen atoms in total. The molecular formula is C11H14ClN3O2. The Hall–Kier alpha value is -1.33. The van der Waals surface area contributed by atoms with Gasteiger partial charge in [-0.15, -0.1) is 0 Å². The van der Waals surface area contributed by atoms with E-state index in [4.69, 9.17) is 17.3 Å². The van der Waals surface area contributed by atoms with E-state index in [0.29, 0.717) is 30.8 Å². The molecule has 0 unspecified atom stereocenters. The number of carbonyl (C=O) groups excluding carboxylic acids is 1. The fourth-order valence-electron chi connectivity index (χ4n) is 1.83. The van der Waals surface area contributed by atoms with Crippen molar-refractivity contribution >= 4 is 23.2 Å². The maximum Gasteiger partial charge on any atom is 0.256 e. The second-order valence-corrected chi connectivity index (χ2v) is 4.72. The number of amides is 1. The highest BCUT2D eigenvalue weighted by Gasteiger charge is 2.42. The van der Waals surface area contributed by atoms with Gasteiger partial charge in [-0.1, -0.05) is 18.5 Å². The third kappa shape index (κ3) is 2.21. The van der Waals surface area contributed by atoms with Crippen molar-refractivity contribution in [1.82, 2.24) is 9.88 Å². The highest BCUT2D eigenvalue weighted by atomic mass is 35.5. The Bertz CT molecular complexity index is 458. The summed E-state index contributed by atoms with van der Waals surface area (Å²) in [5.74, 6) is -0.218. The van der Waals surface area contributed by atoms with Crippen LogP contribution in [0.3, 0.4) is 0 Å². The SMILES string of the molecule is CCC1(O)CN(C(=O)c2cc(Cl)ncc2N)C1. The molecule has 0 aromatic carbocycles. The van der Waals surface area contributed by atoms with Gasteiger partial charge >= 0.3 is 0 Å². The van der Waals surface area contributed by atoms with Crippen LogP contribution in [0.2, 0.25) is 5.15 Å². The summed E-state index contributed by atoms with van der Waals surface area (Å²) in [4.78, 5) is 17.4. The van der Waals surface area contributed by atoms with E-state index < -0.39 is 5.60 Å². The number of rotatable bonds is 2. The maximum atomic E-state index is 12.1. The number of nitrogen functional groups attached to an aromatic ring is 1. The zero-order valence-corrected chi connectivity index (χ0v) is 10.2. The lowest BCUT2D eigenvalue weighted by Crippen LogP contribution is -2.63. The van der Waals surface area contributed by atoms with Gasteiger partial charge in [0.1, 0.15) is 5.15 Å². The Morgan fingerprint density at radius 1 is 1.71 bits per heavy atom. The van der Waals surface area contributed by atoms with E-state index in [-0.39, 0.29) is 11.1 Å². The molecule has 1 aromatic rings. The average Bonchev–Trinajstić information content (AvgIpc) is 2.27. The molecule has 1 fully saturated rings. The van der Waals surface area contributed by atoms with Crippen LogP contribution in [0.1, 0.15) is 23.7 Å². The number of aromatic nitrogens is 1. The lowest BCUT2D eigenvalue weighted by atomic mass is 9.90. The number of hydrogen-bond donors (Lipinski definition) is 2. The number of likely N-dealkylation sites (tertiary alicyclic amines) is 1. The van der Waals surface area contributed by atoms with Gasteiger partial charge in [0.25, 0.3) is 5.91 Å². The van der Waals surface area contributed by atoms with Crippen molar-refractivity contribution in [3.63, 3.8) is 0 Å². The standard InChI is InChI=1S/C11H14ClN3O2/c1-2-11(17)5-15(6-11)10(16)7-3-9(12)14-4-8(7)13/h3-4,17H,2,5-6,13H2,1H3. The summed E-state index contributed by atoms with van der Waals surface area (Å²) in [6.07, 6.45) is 1.99. The number of nitrogens with zero attached hydrogens (tertiary/aromatic N) is 2. The number of β-amino-alcohol motifs (C(OH)–C–C–N with tert-alkyl or cyclic N) is 1. The lowest BCUT2D eigenvalue weighted by Gasteiger charge is -2.46. The largest absolute Gasteiger partial charge is 0.397 e. The molecule has 1 aliphatic rings. The van der Waals surface area contributed by atoms with Crippen LogP contribution in [0.25, 0.3) is 0 Å². The molecule has 1 saturated heterocycles. The van der Waals surface area contributed by atoms with Gasteiger partial charge in [-0.05, 0) is 12.5 Å². The van der Waals surface area contributed by atoms with Crippen LogP contribution in [-0.2, 0) is 0 Å². The van der Waals surface area contributed by atoms with Crippen molar-refractivity contribution in [1.29, 1.82) is 0 Å². The first-order chi connectivity index (χ1) is 7.95. The van der Waals surface area contributed by atoms with Crippen LogP contribution in [-0.4, -0.2) is 39.6 Å². The van der Waals surface area contributed by atoms with E-state index in [1.807, 2.05) is 6.92 Å². The second kappa shape index (κ2) is 4.16. The predicted octanol–water partition coefficient (Wildman–Crippen LogP) is 0.914. The minimum absolute atomic E-state index is 0.218. The van der Waals surface area contributed by atoms with Crippen LogP contribution >= 0.6 is 11.6 Å². The summed E-state index contributed by atoms with van der Waals surface area (Å²) in [7, 11) is 0. The van der Waals surface area contributed by atoms with E-state index >= 15 is 0 Å². The van der Waals surface area contributed by atoms with Crippen LogP contribution in [0.5, 0.6) is 0 Å². The molecule has 0 aliphatic carbocycles. The molecule has 0 bridgehead atoms. The smallest absolute Gasteiger partial charge is 0.256 e. The van der Waals surface area contributed by atoms with E-state index in [2.05, 4.69) is 4.98 Å². The molecule has 0 spiro atoms. The molecule has 1 aliphatic heterocycles. The van der Waals surface area contributed by atoms with Gasteiger partial charge in [-0.3, -0.25) is 4.79 Å². The number of nitrogens with two attached hydrogens (primary N) is 1. The van der Waals surface area contributed by atoms with Gasteiger partial charge < -0.3 is 15.7 Å². The number of aliphatic hydroxyl groups is 1. The van der Waals surface area contributed by atoms with E-state index in [1.165, 1.54) is 12.3 Å². The zero-order valence-electron chi connectivity index (χ0n) is 9.48. The summed E-state index contributed by atoms with van der Waals surface area (Å²) < 4.78 is 0. The lowest BCUT2D eigenvalue weighted by molar-refractivity contribution is -0.0826. The topological polar surface area (TPSA) is 79.5 Å². The van der Waals surface area contributed by atoms with Crippen molar-refractivity contribution in [2.45, 2.75) is 18.9 Å². The average molecular weight is 256 g/mol. The summed E-state index contributed by atoms with van der Waals surface area (Å²) in [6, 6.07) is 1.45. The van der Waals surface area contributed by atoms with Gasteiger partial charge in [-0.2, -0.15) is 0 Å². The van der Waals surface area contributed by atoms with E-state index in [1.54, 1.807) is 4.90 Å². The summed E-state index contributed by atoms with van der Waals surface area (Å²) in [6.45, 7) is 2.56. The van der Waals surface area contributed by atoms with Crippen LogP contribution in [0.15, 0.2) is 12.3 Å². The molecule has 2 heterocycles. The maximum absolute atomic E-state index is 12.1. The first kappa shape index (κ1) is 12.1. The third-order valence-corrected chi connectivity index (χ3v) is 3.25. The second-order valence-electron chi connectivity index (χ2n) is 4.33. The third-order valence-electron chi connectivity index (χ3n) is 3.05. The first-order valence-corrected chi connectivity index (χ1v) is 5.76. The van der Waals surface area contributed by atoms with Crippen LogP contribution in [0, 0.1) is 0 Å². The molecule has 2 rings (SSSR count). The molecule has 17 heavy (non-hydrogen) atoms. The zero-order chi connectivity index (χ0) is 12.6. The molecule has 6 heteroatoms. The van der Waals surface area contributed by atoms with Gasteiger partial charge in [0.2, 0.25) is 0 Å². The molecule has 1 amide bonds. The van der Waals surface area contributed by atoms with Crippen molar-refractivity contribution in [2.75, 3.05) is 18.8 Å². The fraction of sp³-hybridized carbons (Fsp3) is 0.455. The molecule has 3 N–H and O–H groups in total. The minimum Gasteiger partial charge on any atom is -0.397 e. The van der Waals surface area contributed by atoms with Crippen molar-refractivity contribution in [3.05, 3.63) is 23.0 Å². The van der Waals surface area contributed by atoms with Crippen molar-refractivity contribution in [2.24, 2.45) is 0 Å². The quantitative estimate of drug-likeness (QED) is 0.770. The van der Waals surface area contributed by atoms with E-state index in [0.717, 1.165) is 0 Å². The number of anilines is 1. The molecule has 1 aromatic heterocycles. The monoisotopic (exact) mass is 255 g/mol. The van der Waals surface area contributed by atoms with Crippen molar-refractivity contribution < 1.29 is 9.90 Å². The molecule has 0 radical (unpaired) electrons. The predicted molar refractivity (Wildman–Crippen MR) is 64.8 cm³/mol. The Morgan fingerprint density at radius 3 is 2.94 bits per heavy atom. The van der Waals surface area contributed by atoms with E-state index in [9.17, 15) is 9.90 Å². The number of pyridine rings is 1. The first-order valence-electron chi connectivity index (χ1n) is 5.38. The Balaban J connectivity index is 2.14. The normalized spacial score (nSPS) is 17.7. The van der Waals surface area contributed by atoms with Gasteiger partial charge in [-0.25, -0.2) is 4.98 Å². The number of halogens is 1. The highest BCUT2D eigenvalue weighted by Crippen LogP contribution is 2.27. The van der Waals surface area contributed by atoms with Gasteiger partial charge in [0, 0.05) is 0 Å². The summed E-state index contributed by atoms with van der Waals surface area (Å²) in [5.41, 5.74) is 5.56. The van der Waals surface area contributed by atoms with Gasteiger partial charge in [0.15, 0.2) is 0 Å². The molecular weight excluding hydrogens is 242 g/mol. The van der Waals surface area contributed by atoms with Crippen molar-refractivity contribution in [3.8, 4) is 0 Å². The Kier molecular flexibility index (Phi) is 2.97. The highest BCUT2D eigenvalue weighted by molar-refractivity contribution is 6.29. The van der Waals surface area contributed by atoms with Crippen LogP contribution in [0.4, 0.5) is 5.69 Å². The molecule has 0 atom stereocenters. The minimum atomic E-state index is -0.749. The fourth-order valence-corrected chi connectivity index (χ4v) is 1.99. The van der Waals surface area contributed by atoms with Crippen LogP contribution < -0.4 is 5.73 Å². The summed E-state index contributed by atoms with van der Waals surface area (Å²) >= 11 is 5.72. The number of carbonyl (C=O) groups is 1.